The molecule has 156 valence electrons. The van der Waals surface area contributed by atoms with Crippen LogP contribution < -0.4 is 0 Å². The molecule has 0 bridgehead atoms. The fourth-order valence-electron chi connectivity index (χ4n) is 5.08. The van der Waals surface area contributed by atoms with E-state index in [9.17, 15) is 10.2 Å². The number of aromatic hydroxyl groups is 1. The standard InChI is InChI=1S/C26H40O2/c1-9-25(8,22-16-18(2)23(27)19(3)17-22)15-11-14-24(6,7)26(28)20(4)12-10-13-21(26)5/h10,12-13,16-17,20,27-28H,9,11,14-15H2,1-8H3. The van der Waals surface area contributed by atoms with E-state index < -0.39 is 5.60 Å². The molecular formula is C26H40O2. The second-order valence-electron chi connectivity index (χ2n) is 9.90. The third-order valence-electron chi connectivity index (χ3n) is 7.54. The first-order valence-electron chi connectivity index (χ1n) is 10.8. The predicted octanol–water partition coefficient (Wildman–Crippen LogP) is 6.76. The van der Waals surface area contributed by atoms with Crippen LogP contribution in [-0.4, -0.2) is 15.8 Å². The summed E-state index contributed by atoms with van der Waals surface area (Å²) in [7, 11) is 0. The number of allylic oxidation sites excluding steroid dienone is 2. The molecule has 0 radical (unpaired) electrons. The van der Waals surface area contributed by atoms with Crippen molar-refractivity contribution in [1.29, 1.82) is 0 Å². The van der Waals surface area contributed by atoms with Crippen LogP contribution in [0.5, 0.6) is 5.75 Å². The number of benzene rings is 1. The van der Waals surface area contributed by atoms with E-state index in [-0.39, 0.29) is 16.7 Å². The maximum Gasteiger partial charge on any atom is 0.121 e. The average molecular weight is 385 g/mol. The molecule has 28 heavy (non-hydrogen) atoms. The minimum Gasteiger partial charge on any atom is -0.507 e. The first-order valence-corrected chi connectivity index (χ1v) is 10.8. The number of rotatable bonds is 7. The van der Waals surface area contributed by atoms with Gasteiger partial charge in [0.05, 0.1) is 5.60 Å². The minimum absolute atomic E-state index is 0.0743. The molecule has 3 unspecified atom stereocenters. The Kier molecular flexibility index (Phi) is 6.55. The molecule has 2 heteroatoms. The van der Waals surface area contributed by atoms with Gasteiger partial charge in [0.25, 0.3) is 0 Å². The predicted molar refractivity (Wildman–Crippen MR) is 120 cm³/mol. The average Bonchev–Trinajstić information content (AvgIpc) is 2.63. The summed E-state index contributed by atoms with van der Waals surface area (Å²) in [6.45, 7) is 17.1. The lowest BCUT2D eigenvalue weighted by Gasteiger charge is -2.48. The van der Waals surface area contributed by atoms with Crippen molar-refractivity contribution >= 4 is 0 Å². The van der Waals surface area contributed by atoms with Gasteiger partial charge in [-0.2, -0.15) is 0 Å². The molecule has 1 aromatic carbocycles. The normalized spacial score (nSPS) is 24.8. The smallest absolute Gasteiger partial charge is 0.121 e. The number of hydrogen-bond donors (Lipinski definition) is 2. The molecule has 0 saturated heterocycles. The van der Waals surface area contributed by atoms with Crippen LogP contribution in [0.25, 0.3) is 0 Å². The van der Waals surface area contributed by atoms with E-state index in [1.807, 2.05) is 13.8 Å². The Bertz CT molecular complexity index is 748. The second-order valence-corrected chi connectivity index (χ2v) is 9.90. The number of aryl methyl sites for hydroxylation is 2. The third-order valence-corrected chi connectivity index (χ3v) is 7.54. The highest BCUT2D eigenvalue weighted by Crippen LogP contribution is 2.48. The van der Waals surface area contributed by atoms with Gasteiger partial charge in [-0.25, -0.2) is 0 Å². The van der Waals surface area contributed by atoms with Gasteiger partial charge in [-0.1, -0.05) is 71.4 Å². The fourth-order valence-corrected chi connectivity index (χ4v) is 5.08. The van der Waals surface area contributed by atoms with Crippen molar-refractivity contribution in [1.82, 2.24) is 0 Å². The molecule has 0 saturated carbocycles. The monoisotopic (exact) mass is 384 g/mol. The summed E-state index contributed by atoms with van der Waals surface area (Å²) in [6, 6.07) is 4.29. The maximum absolute atomic E-state index is 11.6. The lowest BCUT2D eigenvalue weighted by Crippen LogP contribution is -2.51. The van der Waals surface area contributed by atoms with Crippen LogP contribution in [0.15, 0.2) is 35.9 Å². The van der Waals surface area contributed by atoms with E-state index in [4.69, 9.17) is 0 Å². The molecule has 0 heterocycles. The van der Waals surface area contributed by atoms with Gasteiger partial charge < -0.3 is 10.2 Å². The van der Waals surface area contributed by atoms with E-state index in [0.29, 0.717) is 5.75 Å². The third kappa shape index (κ3) is 3.94. The topological polar surface area (TPSA) is 40.5 Å². The SMILES string of the molecule is CCC(C)(CCCC(C)(C)C1(O)C(C)=CC=CC1C)c1cc(C)c(O)c(C)c1. The molecule has 0 aliphatic heterocycles. The van der Waals surface area contributed by atoms with Gasteiger partial charge in [0.2, 0.25) is 0 Å². The first kappa shape index (κ1) is 22.7. The number of aliphatic hydroxyl groups is 1. The highest BCUT2D eigenvalue weighted by molar-refractivity contribution is 5.44. The molecule has 0 spiro atoms. The van der Waals surface area contributed by atoms with Gasteiger partial charge in [-0.3, -0.25) is 0 Å². The Hall–Kier alpha value is -1.54. The largest absolute Gasteiger partial charge is 0.507 e. The van der Waals surface area contributed by atoms with E-state index in [1.165, 1.54) is 5.56 Å². The lowest BCUT2D eigenvalue weighted by molar-refractivity contribution is -0.0694. The highest BCUT2D eigenvalue weighted by atomic mass is 16.3. The molecule has 0 amide bonds. The first-order chi connectivity index (χ1) is 12.9. The van der Waals surface area contributed by atoms with Crippen LogP contribution in [0.1, 0.15) is 83.9 Å². The van der Waals surface area contributed by atoms with Crippen LogP contribution >= 0.6 is 0 Å². The molecule has 1 aliphatic rings. The molecule has 1 aliphatic carbocycles. The van der Waals surface area contributed by atoms with Crippen molar-refractivity contribution in [3.63, 3.8) is 0 Å². The van der Waals surface area contributed by atoms with Crippen LogP contribution in [0.3, 0.4) is 0 Å². The highest BCUT2D eigenvalue weighted by Gasteiger charge is 2.48. The van der Waals surface area contributed by atoms with E-state index in [1.54, 1.807) is 0 Å². The zero-order valence-electron chi connectivity index (χ0n) is 19.2. The zero-order chi connectivity index (χ0) is 21.3. The molecule has 2 nitrogen and oxygen atoms in total. The minimum atomic E-state index is -0.796. The van der Waals surface area contributed by atoms with E-state index in [2.05, 4.69) is 71.9 Å². The molecule has 1 aromatic rings. The number of phenols is 1. The summed E-state index contributed by atoms with van der Waals surface area (Å²) in [5, 5.41) is 21.7. The Labute approximate surface area is 172 Å². The van der Waals surface area contributed by atoms with Gasteiger partial charge in [0, 0.05) is 5.92 Å². The van der Waals surface area contributed by atoms with Gasteiger partial charge in [-0.05, 0) is 73.1 Å². The molecule has 0 fully saturated rings. The Morgan fingerprint density at radius 2 is 1.61 bits per heavy atom. The second kappa shape index (κ2) is 8.06. The summed E-state index contributed by atoms with van der Waals surface area (Å²) < 4.78 is 0. The van der Waals surface area contributed by atoms with Crippen molar-refractivity contribution in [3.8, 4) is 5.75 Å². The van der Waals surface area contributed by atoms with Crippen molar-refractivity contribution in [2.24, 2.45) is 11.3 Å². The van der Waals surface area contributed by atoms with Crippen LogP contribution in [-0.2, 0) is 5.41 Å². The van der Waals surface area contributed by atoms with Crippen LogP contribution in [0.2, 0.25) is 0 Å². The number of phenolic OH excluding ortho intramolecular Hbond substituents is 1. The summed E-state index contributed by atoms with van der Waals surface area (Å²) in [6.07, 6.45) is 10.4. The summed E-state index contributed by atoms with van der Waals surface area (Å²) >= 11 is 0. The number of hydrogen-bond acceptors (Lipinski definition) is 2. The van der Waals surface area contributed by atoms with Crippen LogP contribution in [0.4, 0.5) is 0 Å². The zero-order valence-corrected chi connectivity index (χ0v) is 19.2. The maximum atomic E-state index is 11.6. The Morgan fingerprint density at radius 1 is 1.04 bits per heavy atom. The molecular weight excluding hydrogens is 344 g/mol. The van der Waals surface area contributed by atoms with Gasteiger partial charge in [-0.15, -0.1) is 0 Å². The lowest BCUT2D eigenvalue weighted by atomic mass is 9.61. The molecule has 2 rings (SSSR count). The molecule has 2 N–H and O–H groups in total. The molecule has 0 aromatic heterocycles. The Morgan fingerprint density at radius 3 is 2.11 bits per heavy atom. The van der Waals surface area contributed by atoms with Crippen molar-refractivity contribution < 1.29 is 10.2 Å². The van der Waals surface area contributed by atoms with Crippen molar-refractivity contribution in [3.05, 3.63) is 52.6 Å². The van der Waals surface area contributed by atoms with Gasteiger partial charge >= 0.3 is 0 Å². The quantitative estimate of drug-likeness (QED) is 0.545. The van der Waals surface area contributed by atoms with E-state index in [0.717, 1.165) is 42.4 Å². The summed E-state index contributed by atoms with van der Waals surface area (Å²) in [4.78, 5) is 0. The van der Waals surface area contributed by atoms with Crippen molar-refractivity contribution in [2.45, 2.75) is 92.1 Å². The summed E-state index contributed by atoms with van der Waals surface area (Å²) in [5.41, 5.74) is 3.36. The van der Waals surface area contributed by atoms with E-state index >= 15 is 0 Å². The summed E-state index contributed by atoms with van der Waals surface area (Å²) in [5.74, 6) is 0.527. The van der Waals surface area contributed by atoms with Crippen molar-refractivity contribution in [2.75, 3.05) is 0 Å². The fraction of sp³-hybridized carbons (Fsp3) is 0.615. The van der Waals surface area contributed by atoms with Crippen LogP contribution in [0, 0.1) is 25.2 Å². The van der Waals surface area contributed by atoms with Gasteiger partial charge in [0.15, 0.2) is 0 Å². The Balaban J connectivity index is 2.18. The van der Waals surface area contributed by atoms with Gasteiger partial charge in [0.1, 0.15) is 5.75 Å². The molecule has 3 atom stereocenters.